The second-order valence-corrected chi connectivity index (χ2v) is 6.53. The molecule has 0 aliphatic rings. The van der Waals surface area contributed by atoms with E-state index >= 15 is 0 Å². The maximum atomic E-state index is 5.42. The van der Waals surface area contributed by atoms with Gasteiger partial charge in [-0.15, -0.1) is 10.2 Å². The largest absolute Gasteiger partial charge is 0.493 e. The van der Waals surface area contributed by atoms with Crippen LogP contribution in [0.1, 0.15) is 5.82 Å². The van der Waals surface area contributed by atoms with Gasteiger partial charge in [-0.3, -0.25) is 4.98 Å². The Morgan fingerprint density at radius 1 is 0.963 bits per heavy atom. The number of methoxy groups -OCH3 is 2. The number of hydrogen-bond donors (Lipinski definition) is 0. The van der Waals surface area contributed by atoms with Crippen LogP contribution >= 0.6 is 0 Å². The van der Waals surface area contributed by atoms with E-state index in [4.69, 9.17) is 9.47 Å². The topological polar surface area (TPSA) is 65.3 Å². The van der Waals surface area contributed by atoms with Crippen LogP contribution in [0, 0.1) is 6.92 Å². The van der Waals surface area contributed by atoms with Crippen LogP contribution in [-0.4, -0.2) is 59.5 Å². The molecule has 0 saturated heterocycles. The Kier molecular flexibility index (Phi) is 5.71. The number of nitrogens with zero attached hydrogens (tertiary/aromatic N) is 5. The van der Waals surface area contributed by atoms with Crippen molar-refractivity contribution in [3.8, 4) is 34.1 Å². The summed E-state index contributed by atoms with van der Waals surface area (Å²) < 4.78 is 12.8. The lowest BCUT2D eigenvalue weighted by atomic mass is 10.1. The van der Waals surface area contributed by atoms with Gasteiger partial charge >= 0.3 is 0 Å². The summed E-state index contributed by atoms with van der Waals surface area (Å²) in [5.74, 6) is 3.05. The van der Waals surface area contributed by atoms with E-state index in [0.29, 0.717) is 11.5 Å². The fourth-order valence-electron chi connectivity index (χ4n) is 2.89. The molecular formula is C20H25N5O2. The number of rotatable bonds is 7. The normalized spacial score (nSPS) is 11.0. The Bertz CT molecular complexity index is 920. The first-order valence-corrected chi connectivity index (χ1v) is 8.77. The number of aromatic nitrogens is 4. The zero-order valence-electron chi connectivity index (χ0n) is 16.4. The van der Waals surface area contributed by atoms with Crippen molar-refractivity contribution in [3.63, 3.8) is 0 Å². The molecule has 7 heteroatoms. The van der Waals surface area contributed by atoms with Crippen molar-refractivity contribution in [2.45, 2.75) is 13.5 Å². The first kappa shape index (κ1) is 18.8. The Labute approximate surface area is 159 Å². The molecule has 0 N–H and O–H groups in total. The van der Waals surface area contributed by atoms with E-state index < -0.39 is 0 Å². The number of hydrogen-bond acceptors (Lipinski definition) is 6. The van der Waals surface area contributed by atoms with Crippen LogP contribution in [0.3, 0.4) is 0 Å². The van der Waals surface area contributed by atoms with Crippen molar-refractivity contribution in [2.75, 3.05) is 34.9 Å². The van der Waals surface area contributed by atoms with Gasteiger partial charge in [0.1, 0.15) is 11.5 Å². The van der Waals surface area contributed by atoms with E-state index in [2.05, 4.69) is 38.7 Å². The average molecular weight is 367 g/mol. The van der Waals surface area contributed by atoms with Gasteiger partial charge in [0.25, 0.3) is 0 Å². The molecule has 0 unspecified atom stereocenters. The summed E-state index contributed by atoms with van der Waals surface area (Å²) in [6, 6.07) is 9.86. The number of pyridine rings is 1. The van der Waals surface area contributed by atoms with E-state index in [1.165, 1.54) is 0 Å². The number of benzene rings is 1. The molecule has 0 saturated carbocycles. The summed E-state index contributed by atoms with van der Waals surface area (Å²) in [5, 5.41) is 8.59. The SMILES string of the molecule is COc1ccc(-c2ccnc(-c3nnc(C)n3CCN(C)C)c2)cc1OC. The molecule has 7 nitrogen and oxygen atoms in total. The maximum absolute atomic E-state index is 5.42. The quantitative estimate of drug-likeness (QED) is 0.640. The van der Waals surface area contributed by atoms with Crippen molar-refractivity contribution >= 4 is 0 Å². The van der Waals surface area contributed by atoms with Gasteiger partial charge < -0.3 is 18.9 Å². The summed E-state index contributed by atoms with van der Waals surface area (Å²) >= 11 is 0. The van der Waals surface area contributed by atoms with E-state index in [0.717, 1.165) is 41.6 Å². The molecule has 2 aromatic heterocycles. The second-order valence-electron chi connectivity index (χ2n) is 6.53. The monoisotopic (exact) mass is 367 g/mol. The van der Waals surface area contributed by atoms with Gasteiger partial charge in [0.2, 0.25) is 0 Å². The number of aryl methyl sites for hydroxylation is 1. The summed E-state index contributed by atoms with van der Waals surface area (Å²) in [6.45, 7) is 3.68. The van der Waals surface area contributed by atoms with Gasteiger partial charge in [0.15, 0.2) is 17.3 Å². The zero-order valence-corrected chi connectivity index (χ0v) is 16.4. The molecular weight excluding hydrogens is 342 g/mol. The minimum atomic E-state index is 0.693. The van der Waals surface area contributed by atoms with Gasteiger partial charge in [-0.25, -0.2) is 0 Å². The predicted octanol–water partition coefficient (Wildman–Crippen LogP) is 2.89. The summed E-state index contributed by atoms with van der Waals surface area (Å²) in [5.41, 5.74) is 2.84. The molecule has 0 bridgehead atoms. The van der Waals surface area contributed by atoms with E-state index in [1.807, 2.05) is 37.3 Å². The van der Waals surface area contributed by atoms with Crippen LogP contribution in [-0.2, 0) is 6.54 Å². The highest BCUT2D eigenvalue weighted by molar-refractivity contribution is 5.70. The summed E-state index contributed by atoms with van der Waals surface area (Å²) in [4.78, 5) is 6.66. The number of likely N-dealkylation sites (N-methyl/N-ethyl adjacent to an activating group) is 1. The highest BCUT2D eigenvalue weighted by Crippen LogP contribution is 2.33. The lowest BCUT2D eigenvalue weighted by Gasteiger charge is -2.13. The Morgan fingerprint density at radius 2 is 1.70 bits per heavy atom. The second kappa shape index (κ2) is 8.18. The minimum absolute atomic E-state index is 0.693. The minimum Gasteiger partial charge on any atom is -0.493 e. The zero-order chi connectivity index (χ0) is 19.4. The number of ether oxygens (including phenoxy) is 2. The van der Waals surface area contributed by atoms with Crippen LogP contribution in [0.25, 0.3) is 22.6 Å². The smallest absolute Gasteiger partial charge is 0.182 e. The van der Waals surface area contributed by atoms with E-state index in [1.54, 1.807) is 20.4 Å². The summed E-state index contributed by atoms with van der Waals surface area (Å²) in [6.07, 6.45) is 1.79. The maximum Gasteiger partial charge on any atom is 0.182 e. The van der Waals surface area contributed by atoms with Gasteiger partial charge in [0, 0.05) is 19.3 Å². The van der Waals surface area contributed by atoms with Crippen LogP contribution in [0.15, 0.2) is 36.5 Å². The molecule has 3 aromatic rings. The summed E-state index contributed by atoms with van der Waals surface area (Å²) in [7, 11) is 7.37. The van der Waals surface area contributed by atoms with Crippen molar-refractivity contribution in [2.24, 2.45) is 0 Å². The van der Waals surface area contributed by atoms with Crippen LogP contribution in [0.5, 0.6) is 11.5 Å². The average Bonchev–Trinajstić information content (AvgIpc) is 3.06. The lowest BCUT2D eigenvalue weighted by Crippen LogP contribution is -2.19. The Morgan fingerprint density at radius 3 is 2.41 bits per heavy atom. The lowest BCUT2D eigenvalue weighted by molar-refractivity contribution is 0.355. The highest BCUT2D eigenvalue weighted by Gasteiger charge is 2.14. The first-order chi connectivity index (χ1) is 13.0. The Hall–Kier alpha value is -2.93. The molecule has 2 heterocycles. The van der Waals surface area contributed by atoms with Gasteiger partial charge in [0.05, 0.1) is 14.2 Å². The fourth-order valence-corrected chi connectivity index (χ4v) is 2.89. The fraction of sp³-hybridized carbons (Fsp3) is 0.350. The van der Waals surface area contributed by atoms with Crippen LogP contribution in [0.2, 0.25) is 0 Å². The molecule has 0 fully saturated rings. The molecule has 142 valence electrons. The van der Waals surface area contributed by atoms with E-state index in [9.17, 15) is 0 Å². The third-order valence-corrected chi connectivity index (χ3v) is 4.41. The van der Waals surface area contributed by atoms with Gasteiger partial charge in [-0.1, -0.05) is 6.07 Å². The molecule has 0 amide bonds. The molecule has 0 radical (unpaired) electrons. The molecule has 0 aliphatic carbocycles. The molecule has 0 spiro atoms. The predicted molar refractivity (Wildman–Crippen MR) is 105 cm³/mol. The van der Waals surface area contributed by atoms with Crippen molar-refractivity contribution in [1.82, 2.24) is 24.6 Å². The van der Waals surface area contributed by atoms with E-state index in [-0.39, 0.29) is 0 Å². The van der Waals surface area contributed by atoms with Crippen LogP contribution < -0.4 is 9.47 Å². The third kappa shape index (κ3) is 4.09. The van der Waals surface area contributed by atoms with Crippen LogP contribution in [0.4, 0.5) is 0 Å². The molecule has 27 heavy (non-hydrogen) atoms. The van der Waals surface area contributed by atoms with Crippen molar-refractivity contribution in [3.05, 3.63) is 42.4 Å². The van der Waals surface area contributed by atoms with Gasteiger partial charge in [-0.05, 0) is 56.4 Å². The molecule has 3 rings (SSSR count). The molecule has 0 aliphatic heterocycles. The standard InChI is InChI=1S/C20H25N5O2/c1-14-22-23-20(25(14)11-10-24(2)3)17-12-16(8-9-21-17)15-6-7-18(26-4)19(13-15)27-5/h6-9,12-13H,10-11H2,1-5H3. The van der Waals surface area contributed by atoms with Crippen molar-refractivity contribution in [1.29, 1.82) is 0 Å². The highest BCUT2D eigenvalue weighted by atomic mass is 16.5. The Balaban J connectivity index is 1.98. The third-order valence-electron chi connectivity index (χ3n) is 4.41. The van der Waals surface area contributed by atoms with Gasteiger partial charge in [-0.2, -0.15) is 0 Å². The van der Waals surface area contributed by atoms with Crippen molar-refractivity contribution < 1.29 is 9.47 Å². The first-order valence-electron chi connectivity index (χ1n) is 8.77. The molecule has 0 atom stereocenters. The molecule has 1 aromatic carbocycles.